The number of hydrogen-bond acceptors (Lipinski definition) is 6. The van der Waals surface area contributed by atoms with E-state index in [2.05, 4.69) is 21.3 Å². The molecule has 3 heterocycles. The summed E-state index contributed by atoms with van der Waals surface area (Å²) in [6.45, 7) is 6.69. The molecule has 0 aromatic carbocycles. The van der Waals surface area contributed by atoms with Gasteiger partial charge in [0.2, 0.25) is 0 Å². The fourth-order valence-corrected chi connectivity index (χ4v) is 7.30. The molecule has 204 valence electrons. The molecule has 39 heavy (non-hydrogen) atoms. The Labute approximate surface area is 229 Å². The highest BCUT2D eigenvalue weighted by Crippen LogP contribution is 2.35. The number of aryl methyl sites for hydroxylation is 1. The Hall–Kier alpha value is -3.68. The zero-order valence-electron chi connectivity index (χ0n) is 22.5. The number of aromatic nitrogens is 1. The van der Waals surface area contributed by atoms with E-state index < -0.39 is 21.0 Å². The van der Waals surface area contributed by atoms with Crippen molar-refractivity contribution in [2.24, 2.45) is 5.92 Å². The molecule has 4 aliphatic rings. The van der Waals surface area contributed by atoms with Crippen LogP contribution in [0.4, 0.5) is 0 Å². The lowest BCUT2D eigenvalue weighted by atomic mass is 9.94. The normalized spacial score (nSPS) is 24.6. The molecule has 0 bridgehead atoms. The molecule has 2 N–H and O–H groups in total. The molecule has 1 aromatic rings. The summed E-state index contributed by atoms with van der Waals surface area (Å²) in [7, 11) is -1.58. The van der Waals surface area contributed by atoms with Crippen LogP contribution in [-0.2, 0) is 14.6 Å². The van der Waals surface area contributed by atoms with E-state index in [1.54, 1.807) is 30.4 Å². The summed E-state index contributed by atoms with van der Waals surface area (Å²) < 4.78 is 26.7. The van der Waals surface area contributed by atoms with E-state index in [1.165, 1.54) is 0 Å². The average Bonchev–Trinajstić information content (AvgIpc) is 3.37. The van der Waals surface area contributed by atoms with Gasteiger partial charge in [-0.05, 0) is 50.9 Å². The minimum Gasteiger partial charge on any atom is -0.358 e. The van der Waals surface area contributed by atoms with Crippen LogP contribution in [0.25, 0.3) is 6.08 Å². The van der Waals surface area contributed by atoms with Crippen LogP contribution < -0.4 is 5.32 Å². The second kappa shape index (κ2) is 10.5. The standard InChI is InChI=1S/C29H33N5O4S/c1-18-26(31-19(2)27(18)29(36)34-12-10-33(3)11-13-34)15-24-23-14-22(8-9-25(23)32-28(24)35)39(37,38)17-21-7-5-4-6-20(21)16-30/h4-5,7,9,14-15,20,22,31H,6,8,10-13,17H2,1-3H3,(H,32,35)/b24-15-. The number of piperazine rings is 1. The van der Waals surface area contributed by atoms with Crippen LogP contribution in [-0.4, -0.2) is 79.2 Å². The van der Waals surface area contributed by atoms with Crippen molar-refractivity contribution in [1.29, 1.82) is 5.26 Å². The number of nitrogens with one attached hydrogen (secondary N) is 2. The number of amides is 2. The number of hydrogen-bond donors (Lipinski definition) is 2. The van der Waals surface area contributed by atoms with E-state index in [4.69, 9.17) is 0 Å². The lowest BCUT2D eigenvalue weighted by Crippen LogP contribution is -2.47. The lowest BCUT2D eigenvalue weighted by molar-refractivity contribution is -0.115. The molecule has 2 aliphatic heterocycles. The summed E-state index contributed by atoms with van der Waals surface area (Å²) >= 11 is 0. The van der Waals surface area contributed by atoms with Gasteiger partial charge in [-0.1, -0.05) is 30.4 Å². The maximum absolute atomic E-state index is 13.4. The van der Waals surface area contributed by atoms with Crippen LogP contribution in [0.15, 0.2) is 52.8 Å². The van der Waals surface area contributed by atoms with Gasteiger partial charge in [0.05, 0.1) is 34.1 Å². The van der Waals surface area contributed by atoms with Gasteiger partial charge in [0.15, 0.2) is 9.84 Å². The number of allylic oxidation sites excluding steroid dienone is 5. The summed E-state index contributed by atoms with van der Waals surface area (Å²) in [5, 5.41) is 11.5. The van der Waals surface area contributed by atoms with Gasteiger partial charge in [0, 0.05) is 48.8 Å². The number of carbonyl (C=O) groups is 2. The first-order valence-corrected chi connectivity index (χ1v) is 14.9. The molecule has 0 radical (unpaired) electrons. The van der Waals surface area contributed by atoms with Crippen molar-refractivity contribution < 1.29 is 18.0 Å². The van der Waals surface area contributed by atoms with E-state index in [0.717, 1.165) is 24.3 Å². The summed E-state index contributed by atoms with van der Waals surface area (Å²) in [6.07, 6.45) is 11.2. The van der Waals surface area contributed by atoms with Gasteiger partial charge >= 0.3 is 0 Å². The molecule has 9 nitrogen and oxygen atoms in total. The van der Waals surface area contributed by atoms with Crippen molar-refractivity contribution in [2.45, 2.75) is 31.9 Å². The third kappa shape index (κ3) is 5.16. The highest BCUT2D eigenvalue weighted by Gasteiger charge is 2.36. The predicted molar refractivity (Wildman–Crippen MR) is 149 cm³/mol. The molecule has 10 heteroatoms. The number of carbonyl (C=O) groups excluding carboxylic acids is 2. The van der Waals surface area contributed by atoms with Crippen LogP contribution in [0, 0.1) is 31.1 Å². The number of rotatable bonds is 5. The largest absolute Gasteiger partial charge is 0.358 e. The van der Waals surface area contributed by atoms with Crippen molar-refractivity contribution in [3.8, 4) is 6.07 Å². The summed E-state index contributed by atoms with van der Waals surface area (Å²) in [5.41, 5.74) is 4.86. The Kier molecular flexibility index (Phi) is 7.23. The molecule has 2 amide bonds. The zero-order valence-corrected chi connectivity index (χ0v) is 23.3. The Morgan fingerprint density at radius 2 is 1.95 bits per heavy atom. The second-order valence-corrected chi connectivity index (χ2v) is 12.9. The number of H-pyrrole nitrogens is 1. The molecular formula is C29H33N5O4S. The Morgan fingerprint density at radius 1 is 1.21 bits per heavy atom. The van der Waals surface area contributed by atoms with Crippen LogP contribution >= 0.6 is 0 Å². The molecule has 2 unspecified atom stereocenters. The average molecular weight is 548 g/mol. The molecule has 2 fully saturated rings. The van der Waals surface area contributed by atoms with Gasteiger partial charge in [0.25, 0.3) is 11.8 Å². The number of nitrogens with zero attached hydrogens (tertiary/aromatic N) is 3. The lowest BCUT2D eigenvalue weighted by Gasteiger charge is -2.32. The van der Waals surface area contributed by atoms with Crippen LogP contribution in [0.3, 0.4) is 0 Å². The molecular weight excluding hydrogens is 514 g/mol. The van der Waals surface area contributed by atoms with Gasteiger partial charge in [-0.25, -0.2) is 8.42 Å². The first kappa shape index (κ1) is 26.9. The maximum Gasteiger partial charge on any atom is 0.256 e. The number of sulfone groups is 1. The summed E-state index contributed by atoms with van der Waals surface area (Å²) in [5.74, 6) is -0.977. The van der Waals surface area contributed by atoms with Crippen molar-refractivity contribution >= 4 is 27.7 Å². The van der Waals surface area contributed by atoms with Crippen LogP contribution in [0.2, 0.25) is 0 Å². The minimum atomic E-state index is -3.62. The molecule has 0 saturated carbocycles. The fraction of sp³-hybridized carbons (Fsp3) is 0.414. The van der Waals surface area contributed by atoms with E-state index in [1.807, 2.05) is 31.9 Å². The number of nitriles is 1. The highest BCUT2D eigenvalue weighted by molar-refractivity contribution is 7.92. The molecule has 1 aromatic heterocycles. The highest BCUT2D eigenvalue weighted by atomic mass is 32.2. The van der Waals surface area contributed by atoms with Crippen molar-refractivity contribution in [3.63, 3.8) is 0 Å². The van der Waals surface area contributed by atoms with E-state index in [-0.39, 0.29) is 24.0 Å². The van der Waals surface area contributed by atoms with E-state index in [9.17, 15) is 23.3 Å². The van der Waals surface area contributed by atoms with Crippen molar-refractivity contribution in [3.05, 3.63) is 75.3 Å². The predicted octanol–water partition coefficient (Wildman–Crippen LogP) is 2.56. The Bertz CT molecular complexity index is 1530. The minimum absolute atomic E-state index is 0.0268. The van der Waals surface area contributed by atoms with Gasteiger partial charge in [-0.2, -0.15) is 5.26 Å². The van der Waals surface area contributed by atoms with Gasteiger partial charge in [-0.3, -0.25) is 9.59 Å². The number of fused-ring (bicyclic) bond motifs is 1. The third-order valence-electron chi connectivity index (χ3n) is 8.00. The third-order valence-corrected chi connectivity index (χ3v) is 9.99. The summed E-state index contributed by atoms with van der Waals surface area (Å²) in [4.78, 5) is 33.6. The number of aromatic amines is 1. The van der Waals surface area contributed by atoms with Crippen molar-refractivity contribution in [1.82, 2.24) is 20.1 Å². The molecule has 0 spiro atoms. The SMILES string of the molecule is Cc1[nH]c(/C=C2\C(=O)NC3=CCC(S(=O)(=O)CC4=CC=CCC4C#N)C=C32)c(C)c1C(=O)N1CCN(C)CC1. The van der Waals surface area contributed by atoms with Gasteiger partial charge < -0.3 is 20.1 Å². The second-order valence-electron chi connectivity index (χ2n) is 10.6. The quantitative estimate of drug-likeness (QED) is 0.546. The van der Waals surface area contributed by atoms with E-state index in [0.29, 0.717) is 53.2 Å². The molecule has 2 aliphatic carbocycles. The first-order valence-electron chi connectivity index (χ1n) is 13.2. The topological polar surface area (TPSA) is 126 Å². The molecule has 2 atom stereocenters. The smallest absolute Gasteiger partial charge is 0.256 e. The Balaban J connectivity index is 1.43. The molecule has 2 saturated heterocycles. The van der Waals surface area contributed by atoms with Crippen LogP contribution in [0.5, 0.6) is 0 Å². The first-order chi connectivity index (χ1) is 18.6. The zero-order chi connectivity index (χ0) is 27.9. The van der Waals surface area contributed by atoms with Gasteiger partial charge in [0.1, 0.15) is 0 Å². The maximum atomic E-state index is 13.4. The van der Waals surface area contributed by atoms with Crippen LogP contribution in [0.1, 0.15) is 40.2 Å². The number of likely N-dealkylation sites (N-methyl/N-ethyl adjacent to an activating group) is 1. The summed E-state index contributed by atoms with van der Waals surface area (Å²) in [6, 6.07) is 2.19. The Morgan fingerprint density at radius 3 is 2.67 bits per heavy atom. The fourth-order valence-electron chi connectivity index (χ4n) is 5.60. The van der Waals surface area contributed by atoms with Crippen molar-refractivity contribution in [2.75, 3.05) is 39.0 Å². The van der Waals surface area contributed by atoms with E-state index >= 15 is 0 Å². The molecule has 5 rings (SSSR count). The van der Waals surface area contributed by atoms with Gasteiger partial charge in [-0.15, -0.1) is 0 Å². The monoisotopic (exact) mass is 547 g/mol.